The zero-order valence-electron chi connectivity index (χ0n) is 19.1. The molecule has 33 heavy (non-hydrogen) atoms. The van der Waals surface area contributed by atoms with E-state index in [4.69, 9.17) is 4.74 Å². The summed E-state index contributed by atoms with van der Waals surface area (Å²) in [6.45, 7) is 3.33. The van der Waals surface area contributed by atoms with E-state index in [1.54, 1.807) is 9.80 Å². The Morgan fingerprint density at radius 2 is 2.06 bits per heavy atom. The molecule has 2 aromatic rings. The van der Waals surface area contributed by atoms with Crippen LogP contribution >= 0.6 is 0 Å². The third-order valence-corrected chi connectivity index (χ3v) is 6.01. The first-order valence-corrected chi connectivity index (χ1v) is 11.3. The lowest BCUT2D eigenvalue weighted by Gasteiger charge is -2.28. The number of aliphatic imine (C=N–C) groups is 1. The monoisotopic (exact) mass is 450 g/mol. The van der Waals surface area contributed by atoms with Gasteiger partial charge in [-0.3, -0.25) is 14.9 Å². The van der Waals surface area contributed by atoms with Crippen LogP contribution in [0.3, 0.4) is 0 Å². The minimum absolute atomic E-state index is 0.129. The van der Waals surface area contributed by atoms with Gasteiger partial charge in [-0.15, -0.1) is 0 Å². The van der Waals surface area contributed by atoms with Gasteiger partial charge < -0.3 is 19.6 Å². The average Bonchev–Trinajstić information content (AvgIpc) is 3.12. The van der Waals surface area contributed by atoms with E-state index in [2.05, 4.69) is 10.3 Å². The Morgan fingerprint density at radius 3 is 2.82 bits per heavy atom. The number of carbonyl (C=O) groups excluding carboxylic acids is 2. The standard InChI is InChI=1S/C25H30N4O4/c1-17-12-20(13-19-15-29-21(16-30)24(32)27-25(29)26-23(17)19)33-11-7-6-10-22(31)28(2)14-18-8-4-3-5-9-18/h3-5,8-9,12-13,21,30H,6-7,10-11,14-16H2,1-2H3,(H,26,27,32). The van der Waals surface area contributed by atoms with E-state index in [0.29, 0.717) is 32.1 Å². The quantitative estimate of drug-likeness (QED) is 0.573. The van der Waals surface area contributed by atoms with Crippen LogP contribution in [0.2, 0.25) is 0 Å². The maximum absolute atomic E-state index is 12.4. The molecule has 2 aliphatic heterocycles. The first kappa shape index (κ1) is 22.8. The molecule has 0 bridgehead atoms. The third kappa shape index (κ3) is 5.17. The highest BCUT2D eigenvalue weighted by atomic mass is 16.5. The van der Waals surface area contributed by atoms with Crippen LogP contribution in [0.4, 0.5) is 5.69 Å². The van der Waals surface area contributed by atoms with E-state index in [1.165, 1.54) is 0 Å². The molecule has 2 aliphatic rings. The van der Waals surface area contributed by atoms with Crippen molar-refractivity contribution >= 4 is 23.5 Å². The van der Waals surface area contributed by atoms with Crippen molar-refractivity contribution in [1.82, 2.24) is 15.1 Å². The summed E-state index contributed by atoms with van der Waals surface area (Å²) in [4.78, 5) is 32.5. The molecular weight excluding hydrogens is 420 g/mol. The highest BCUT2D eigenvalue weighted by molar-refractivity contribution is 6.08. The van der Waals surface area contributed by atoms with Crippen molar-refractivity contribution in [2.24, 2.45) is 4.99 Å². The third-order valence-electron chi connectivity index (χ3n) is 6.01. The Hall–Kier alpha value is -3.39. The van der Waals surface area contributed by atoms with Crippen LogP contribution in [0.5, 0.6) is 5.75 Å². The molecule has 0 aromatic heterocycles. The van der Waals surface area contributed by atoms with Gasteiger partial charge in [0.2, 0.25) is 11.9 Å². The van der Waals surface area contributed by atoms with Gasteiger partial charge in [-0.25, -0.2) is 4.99 Å². The molecule has 0 saturated carbocycles. The molecule has 8 heteroatoms. The molecule has 4 rings (SSSR count). The van der Waals surface area contributed by atoms with Crippen molar-refractivity contribution in [3.63, 3.8) is 0 Å². The lowest BCUT2D eigenvalue weighted by molar-refractivity contribution is -0.130. The Kier molecular flexibility index (Phi) is 6.93. The Morgan fingerprint density at radius 1 is 1.27 bits per heavy atom. The zero-order valence-corrected chi connectivity index (χ0v) is 19.1. The summed E-state index contributed by atoms with van der Waals surface area (Å²) in [7, 11) is 1.83. The van der Waals surface area contributed by atoms with Crippen LogP contribution in [0, 0.1) is 6.92 Å². The molecule has 0 spiro atoms. The Balaban J connectivity index is 1.26. The molecule has 174 valence electrons. The number of nitrogens with one attached hydrogen (secondary N) is 1. The molecule has 2 aromatic carbocycles. The average molecular weight is 451 g/mol. The molecule has 1 atom stereocenters. The van der Waals surface area contributed by atoms with E-state index >= 15 is 0 Å². The number of nitrogens with zero attached hydrogens (tertiary/aromatic N) is 3. The van der Waals surface area contributed by atoms with Gasteiger partial charge in [-0.2, -0.15) is 0 Å². The first-order valence-electron chi connectivity index (χ1n) is 11.3. The number of fused-ring (bicyclic) bond motifs is 2. The van der Waals surface area contributed by atoms with Crippen molar-refractivity contribution < 1.29 is 19.4 Å². The molecule has 8 nitrogen and oxygen atoms in total. The summed E-state index contributed by atoms with van der Waals surface area (Å²) in [6.07, 6.45) is 2.03. The predicted molar refractivity (Wildman–Crippen MR) is 125 cm³/mol. The van der Waals surface area contributed by atoms with Gasteiger partial charge in [0.05, 0.1) is 18.9 Å². The molecule has 1 unspecified atom stereocenters. The molecular formula is C25H30N4O4. The summed E-state index contributed by atoms with van der Waals surface area (Å²) in [5, 5.41) is 12.3. The number of ether oxygens (including phenoxy) is 1. The van der Waals surface area contributed by atoms with Crippen LogP contribution in [0.15, 0.2) is 47.5 Å². The van der Waals surface area contributed by atoms with E-state index < -0.39 is 6.04 Å². The Labute approximate surface area is 193 Å². The lowest BCUT2D eigenvalue weighted by Crippen LogP contribution is -2.39. The number of hydrogen-bond acceptors (Lipinski definition) is 6. The fraction of sp³-hybridized carbons (Fsp3) is 0.400. The fourth-order valence-electron chi connectivity index (χ4n) is 4.19. The number of carbonyl (C=O) groups is 2. The molecule has 0 radical (unpaired) electrons. The van der Waals surface area contributed by atoms with E-state index in [-0.39, 0.29) is 18.4 Å². The van der Waals surface area contributed by atoms with Crippen LogP contribution in [-0.4, -0.2) is 59.0 Å². The van der Waals surface area contributed by atoms with Crippen molar-refractivity contribution in [2.45, 2.75) is 45.3 Å². The van der Waals surface area contributed by atoms with Crippen LogP contribution in [-0.2, 0) is 22.7 Å². The second kappa shape index (κ2) is 10.0. The predicted octanol–water partition coefficient (Wildman–Crippen LogP) is 2.50. The molecule has 0 aliphatic carbocycles. The number of unbranched alkanes of at least 4 members (excludes halogenated alkanes) is 1. The minimum Gasteiger partial charge on any atom is -0.494 e. The topological polar surface area (TPSA) is 94.5 Å². The summed E-state index contributed by atoms with van der Waals surface area (Å²) in [5.74, 6) is 1.13. The highest BCUT2D eigenvalue weighted by Gasteiger charge is 2.38. The normalized spacial score (nSPS) is 16.6. The summed E-state index contributed by atoms with van der Waals surface area (Å²) in [6, 6.07) is 13.2. The van der Waals surface area contributed by atoms with Gasteiger partial charge in [-0.05, 0) is 43.0 Å². The van der Waals surface area contributed by atoms with Crippen molar-refractivity contribution in [1.29, 1.82) is 0 Å². The van der Waals surface area contributed by atoms with Crippen molar-refractivity contribution in [3.8, 4) is 5.75 Å². The maximum Gasteiger partial charge on any atom is 0.251 e. The van der Waals surface area contributed by atoms with Crippen molar-refractivity contribution in [2.75, 3.05) is 20.3 Å². The summed E-state index contributed by atoms with van der Waals surface area (Å²) >= 11 is 0. The number of hydrogen-bond donors (Lipinski definition) is 2. The minimum atomic E-state index is -0.612. The van der Waals surface area contributed by atoms with Crippen LogP contribution in [0.25, 0.3) is 0 Å². The number of aryl methyl sites for hydroxylation is 1. The highest BCUT2D eigenvalue weighted by Crippen LogP contribution is 2.35. The largest absolute Gasteiger partial charge is 0.494 e. The second-order valence-electron chi connectivity index (χ2n) is 8.54. The first-order chi connectivity index (χ1) is 16.0. The molecule has 1 saturated heterocycles. The van der Waals surface area contributed by atoms with E-state index in [0.717, 1.165) is 41.0 Å². The van der Waals surface area contributed by atoms with Gasteiger partial charge in [0.25, 0.3) is 5.91 Å². The second-order valence-corrected chi connectivity index (χ2v) is 8.54. The van der Waals surface area contributed by atoms with Gasteiger partial charge in [0.1, 0.15) is 11.8 Å². The maximum atomic E-state index is 12.4. The number of aliphatic hydroxyl groups excluding tert-OH is 1. The smallest absolute Gasteiger partial charge is 0.251 e. The van der Waals surface area contributed by atoms with Gasteiger partial charge in [0.15, 0.2) is 0 Å². The lowest BCUT2D eigenvalue weighted by atomic mass is 10.0. The van der Waals surface area contributed by atoms with E-state index in [9.17, 15) is 14.7 Å². The van der Waals surface area contributed by atoms with Gasteiger partial charge in [-0.1, -0.05) is 30.3 Å². The molecule has 1 fully saturated rings. The fourth-order valence-corrected chi connectivity index (χ4v) is 4.19. The van der Waals surface area contributed by atoms with Crippen LogP contribution < -0.4 is 10.1 Å². The van der Waals surface area contributed by atoms with Gasteiger partial charge in [0, 0.05) is 32.1 Å². The molecule has 2 heterocycles. The van der Waals surface area contributed by atoms with Crippen molar-refractivity contribution in [3.05, 3.63) is 59.2 Å². The number of aliphatic hydroxyl groups is 1. The Bertz CT molecular complexity index is 1050. The summed E-state index contributed by atoms with van der Waals surface area (Å²) in [5.41, 5.74) is 3.88. The number of guanidine groups is 1. The van der Waals surface area contributed by atoms with E-state index in [1.807, 2.05) is 56.4 Å². The number of rotatable bonds is 9. The molecule has 2 N–H and O–H groups in total. The SMILES string of the molecule is Cc1cc(OCCCCC(=O)N(C)Cc2ccccc2)cc2c1N=C1NC(=O)C(CO)N1C2. The molecule has 2 amide bonds. The summed E-state index contributed by atoms with van der Waals surface area (Å²) < 4.78 is 5.95. The van der Waals surface area contributed by atoms with Crippen LogP contribution in [0.1, 0.15) is 36.0 Å². The number of benzene rings is 2. The zero-order chi connectivity index (χ0) is 23.4. The van der Waals surface area contributed by atoms with Gasteiger partial charge >= 0.3 is 0 Å². The number of amides is 2.